The van der Waals surface area contributed by atoms with E-state index in [-0.39, 0.29) is 23.3 Å². The highest BCUT2D eigenvalue weighted by atomic mass is 16.5. The van der Waals surface area contributed by atoms with Gasteiger partial charge in [-0.3, -0.25) is 9.48 Å². The van der Waals surface area contributed by atoms with Crippen molar-refractivity contribution in [1.82, 2.24) is 14.7 Å². The zero-order valence-corrected chi connectivity index (χ0v) is 15.7. The van der Waals surface area contributed by atoms with Crippen molar-refractivity contribution in [3.05, 3.63) is 17.5 Å². The highest BCUT2D eigenvalue weighted by Gasteiger charge is 2.41. The highest BCUT2D eigenvalue weighted by Crippen LogP contribution is 2.39. The molecule has 1 aromatic rings. The maximum absolute atomic E-state index is 13.2. The van der Waals surface area contributed by atoms with E-state index < -0.39 is 0 Å². The Hall–Kier alpha value is -1.36. The zero-order valence-electron chi connectivity index (χ0n) is 15.7. The van der Waals surface area contributed by atoms with Gasteiger partial charge in [0.1, 0.15) is 0 Å². The molecule has 0 bridgehead atoms. The Balaban J connectivity index is 1.75. The Morgan fingerprint density at radius 1 is 1.33 bits per heavy atom. The summed E-state index contributed by atoms with van der Waals surface area (Å²) in [5.41, 5.74) is 2.41. The van der Waals surface area contributed by atoms with Gasteiger partial charge in [-0.1, -0.05) is 20.8 Å². The van der Waals surface area contributed by atoms with Crippen LogP contribution in [0.5, 0.6) is 0 Å². The summed E-state index contributed by atoms with van der Waals surface area (Å²) in [6, 6.07) is 0. The van der Waals surface area contributed by atoms with E-state index in [2.05, 4.69) is 30.8 Å². The lowest BCUT2D eigenvalue weighted by molar-refractivity contribution is -0.140. The summed E-state index contributed by atoms with van der Waals surface area (Å²) < 4.78 is 7.81. The number of ether oxygens (including phenoxy) is 1. The van der Waals surface area contributed by atoms with Crippen LogP contribution in [0.3, 0.4) is 0 Å². The van der Waals surface area contributed by atoms with E-state index in [9.17, 15) is 4.79 Å². The molecule has 2 aliphatic heterocycles. The minimum absolute atomic E-state index is 0.0633. The maximum Gasteiger partial charge on any atom is 0.228 e. The Labute approximate surface area is 145 Å². The SMILES string of the molecule is Cc1c([C@H]2OCC[C@@H]2C(=O)N2CCC[C@@H](C(C)(C)C)C2)cnn1C. The van der Waals surface area contributed by atoms with Gasteiger partial charge in [0.15, 0.2) is 0 Å². The predicted octanol–water partition coefficient (Wildman–Crippen LogP) is 3.09. The Morgan fingerprint density at radius 3 is 2.71 bits per heavy atom. The summed E-state index contributed by atoms with van der Waals surface area (Å²) in [4.78, 5) is 15.3. The molecule has 134 valence electrons. The number of carbonyl (C=O) groups excluding carboxylic acids is 1. The molecule has 1 aromatic heterocycles. The van der Waals surface area contributed by atoms with Gasteiger partial charge in [-0.25, -0.2) is 0 Å². The number of hydrogen-bond acceptors (Lipinski definition) is 3. The lowest BCUT2D eigenvalue weighted by Crippen LogP contribution is -2.46. The summed E-state index contributed by atoms with van der Waals surface area (Å²) in [6.45, 7) is 11.3. The van der Waals surface area contributed by atoms with Gasteiger partial charge < -0.3 is 9.64 Å². The third kappa shape index (κ3) is 3.23. The highest BCUT2D eigenvalue weighted by molar-refractivity contribution is 5.80. The van der Waals surface area contributed by atoms with Gasteiger partial charge in [-0.15, -0.1) is 0 Å². The third-order valence-corrected chi connectivity index (χ3v) is 5.95. The van der Waals surface area contributed by atoms with Crippen molar-refractivity contribution < 1.29 is 9.53 Å². The molecule has 1 amide bonds. The molecule has 3 rings (SSSR count). The normalized spacial score (nSPS) is 28.4. The molecule has 0 saturated carbocycles. The van der Waals surface area contributed by atoms with Crippen LogP contribution >= 0.6 is 0 Å². The largest absolute Gasteiger partial charge is 0.373 e. The van der Waals surface area contributed by atoms with Crippen LogP contribution in [0.2, 0.25) is 0 Å². The van der Waals surface area contributed by atoms with Crippen LogP contribution in [0.15, 0.2) is 6.20 Å². The van der Waals surface area contributed by atoms with E-state index in [0.717, 1.165) is 37.2 Å². The lowest BCUT2D eigenvalue weighted by Gasteiger charge is -2.40. The Morgan fingerprint density at radius 2 is 2.08 bits per heavy atom. The molecule has 2 aliphatic rings. The summed E-state index contributed by atoms with van der Waals surface area (Å²) in [5.74, 6) is 0.789. The van der Waals surface area contributed by atoms with E-state index >= 15 is 0 Å². The standard InChI is InChI=1S/C19H31N3O2/c1-13-16(11-20-21(13)5)17-15(8-10-24-17)18(23)22-9-6-7-14(12-22)19(2,3)4/h11,14-15,17H,6-10,12H2,1-5H3/t14-,15+,17+/m1/s1. The van der Waals surface area contributed by atoms with Gasteiger partial charge in [0, 0.05) is 38.0 Å². The monoisotopic (exact) mass is 333 g/mol. The van der Waals surface area contributed by atoms with Gasteiger partial charge in [0.25, 0.3) is 0 Å². The number of aryl methyl sites for hydroxylation is 1. The molecular formula is C19H31N3O2. The van der Waals surface area contributed by atoms with Crippen LogP contribution in [0, 0.1) is 24.2 Å². The minimum Gasteiger partial charge on any atom is -0.373 e. The number of rotatable bonds is 2. The number of piperidine rings is 1. The van der Waals surface area contributed by atoms with Crippen LogP contribution in [-0.2, 0) is 16.6 Å². The zero-order chi connectivity index (χ0) is 17.5. The van der Waals surface area contributed by atoms with Gasteiger partial charge >= 0.3 is 0 Å². The van der Waals surface area contributed by atoms with Gasteiger partial charge in [-0.05, 0) is 37.5 Å². The number of aromatic nitrogens is 2. The molecule has 0 aromatic carbocycles. The molecule has 2 fully saturated rings. The Kier molecular flexibility index (Phi) is 4.73. The van der Waals surface area contributed by atoms with E-state index in [1.165, 1.54) is 6.42 Å². The first-order valence-corrected chi connectivity index (χ1v) is 9.18. The first-order chi connectivity index (χ1) is 11.3. The molecule has 3 heterocycles. The molecule has 0 aliphatic carbocycles. The van der Waals surface area contributed by atoms with Crippen molar-refractivity contribution in [2.75, 3.05) is 19.7 Å². The fraction of sp³-hybridized carbons (Fsp3) is 0.789. The molecule has 5 nitrogen and oxygen atoms in total. The Bertz CT molecular complexity index is 602. The number of hydrogen-bond donors (Lipinski definition) is 0. The van der Waals surface area contributed by atoms with Crippen LogP contribution in [-0.4, -0.2) is 40.3 Å². The quantitative estimate of drug-likeness (QED) is 0.835. The fourth-order valence-electron chi connectivity index (χ4n) is 4.06. The average molecular weight is 333 g/mol. The molecule has 0 spiro atoms. The summed E-state index contributed by atoms with van der Waals surface area (Å²) in [5, 5.41) is 4.32. The smallest absolute Gasteiger partial charge is 0.228 e. The average Bonchev–Trinajstić information content (AvgIpc) is 3.14. The topological polar surface area (TPSA) is 47.4 Å². The van der Waals surface area contributed by atoms with Crippen LogP contribution < -0.4 is 0 Å². The van der Waals surface area contributed by atoms with Gasteiger partial charge in [-0.2, -0.15) is 5.10 Å². The second kappa shape index (κ2) is 6.51. The molecule has 0 N–H and O–H groups in total. The summed E-state index contributed by atoms with van der Waals surface area (Å²) in [7, 11) is 1.93. The molecule has 0 unspecified atom stereocenters. The fourth-order valence-corrected chi connectivity index (χ4v) is 4.06. The van der Waals surface area contributed by atoms with Gasteiger partial charge in [0.2, 0.25) is 5.91 Å². The van der Waals surface area contributed by atoms with Crippen LogP contribution in [0.4, 0.5) is 0 Å². The van der Waals surface area contributed by atoms with Gasteiger partial charge in [0.05, 0.1) is 18.2 Å². The first-order valence-electron chi connectivity index (χ1n) is 9.18. The molecule has 24 heavy (non-hydrogen) atoms. The number of nitrogens with zero attached hydrogens (tertiary/aromatic N) is 3. The van der Waals surface area contributed by atoms with Crippen LogP contribution in [0.1, 0.15) is 57.4 Å². The number of carbonyl (C=O) groups is 1. The van der Waals surface area contributed by atoms with E-state index in [1.54, 1.807) is 0 Å². The number of likely N-dealkylation sites (tertiary alicyclic amines) is 1. The third-order valence-electron chi connectivity index (χ3n) is 5.95. The predicted molar refractivity (Wildman–Crippen MR) is 93.5 cm³/mol. The van der Waals surface area contributed by atoms with Crippen molar-refractivity contribution in [2.45, 2.75) is 53.1 Å². The van der Waals surface area contributed by atoms with Crippen molar-refractivity contribution in [2.24, 2.45) is 24.3 Å². The van der Waals surface area contributed by atoms with E-state index in [0.29, 0.717) is 12.5 Å². The number of amides is 1. The second-order valence-corrected chi connectivity index (χ2v) is 8.48. The molecule has 3 atom stereocenters. The summed E-state index contributed by atoms with van der Waals surface area (Å²) >= 11 is 0. The molecule has 0 radical (unpaired) electrons. The maximum atomic E-state index is 13.2. The van der Waals surface area contributed by atoms with E-state index in [1.807, 2.05) is 24.9 Å². The van der Waals surface area contributed by atoms with E-state index in [4.69, 9.17) is 4.74 Å². The van der Waals surface area contributed by atoms with Crippen LogP contribution in [0.25, 0.3) is 0 Å². The van der Waals surface area contributed by atoms with Crippen molar-refractivity contribution in [3.8, 4) is 0 Å². The minimum atomic E-state index is -0.138. The van der Waals surface area contributed by atoms with Crippen molar-refractivity contribution in [3.63, 3.8) is 0 Å². The first kappa shape index (κ1) is 17.5. The lowest BCUT2D eigenvalue weighted by atomic mass is 9.76. The van der Waals surface area contributed by atoms with Crippen molar-refractivity contribution in [1.29, 1.82) is 0 Å². The van der Waals surface area contributed by atoms with Crippen molar-refractivity contribution >= 4 is 5.91 Å². The molecule has 5 heteroatoms. The second-order valence-electron chi connectivity index (χ2n) is 8.48. The molecule has 2 saturated heterocycles. The molecular weight excluding hydrogens is 302 g/mol. The summed E-state index contributed by atoms with van der Waals surface area (Å²) in [6.07, 6.45) is 4.87.